The summed E-state index contributed by atoms with van der Waals surface area (Å²) in [6.45, 7) is 0. The number of benzene rings is 6. The molecule has 200 valence electrons. The molecule has 0 saturated carbocycles. The second-order valence-corrected chi connectivity index (χ2v) is 13.1. The summed E-state index contributed by atoms with van der Waals surface area (Å²) < 4.78 is 0. The van der Waals surface area contributed by atoms with Gasteiger partial charge in [0.25, 0.3) is 0 Å². The number of hydrogen-bond acceptors (Lipinski definition) is 0. The van der Waals surface area contributed by atoms with Gasteiger partial charge in [-0.1, -0.05) is 182 Å². The van der Waals surface area contributed by atoms with Crippen LogP contribution in [0.1, 0.15) is 0 Å². The molecule has 0 spiro atoms. The van der Waals surface area contributed by atoms with Gasteiger partial charge >= 0.3 is 0 Å². The third kappa shape index (κ3) is 8.03. The van der Waals surface area contributed by atoms with Crippen molar-refractivity contribution in [3.8, 4) is 0 Å². The largest absolute Gasteiger partial charge is 0.269 e. The van der Waals surface area contributed by atoms with Crippen LogP contribution in [0, 0.1) is 0 Å². The fourth-order valence-corrected chi connectivity index (χ4v) is 8.97. The molecular weight excluding hydrogens is 532 g/mol. The van der Waals surface area contributed by atoms with E-state index < -0.39 is 15.8 Å². The minimum absolute atomic E-state index is 0. The molecule has 0 aliphatic heterocycles. The molecule has 0 radical (unpaired) electrons. The standard InChI is InChI=1S/2C18H15P.2FH/c2*1-4-10-16(11-5-1)19(17-12-6-2-7-13-17)18-14-8-3-9-15-18;;/h2*1-15H;2*1H. The fourth-order valence-electron chi connectivity index (χ4n) is 4.36. The lowest BCUT2D eigenvalue weighted by Crippen LogP contribution is -2.20. The maximum atomic E-state index is 2.23. The summed E-state index contributed by atoms with van der Waals surface area (Å²) in [6, 6.07) is 64.7. The van der Waals surface area contributed by atoms with Crippen LogP contribution < -0.4 is 31.8 Å². The van der Waals surface area contributed by atoms with Crippen LogP contribution in [-0.2, 0) is 0 Å². The molecule has 6 rings (SSSR count). The SMILES string of the molecule is F.F.c1ccc(P(c2ccccc2)c2ccccc2)cc1.c1ccc(P(c2ccccc2)c2ccccc2)cc1. The minimum atomic E-state index is -0.446. The van der Waals surface area contributed by atoms with Gasteiger partial charge in [-0.25, -0.2) is 0 Å². The average Bonchev–Trinajstić information content (AvgIpc) is 3.01. The van der Waals surface area contributed by atoms with Crippen molar-refractivity contribution < 1.29 is 9.41 Å². The first-order valence-corrected chi connectivity index (χ1v) is 15.5. The summed E-state index contributed by atoms with van der Waals surface area (Å²) in [5, 5.41) is 8.39. The molecule has 6 aromatic carbocycles. The third-order valence-corrected chi connectivity index (χ3v) is 11.0. The Morgan fingerprint density at radius 3 is 0.450 bits per heavy atom. The van der Waals surface area contributed by atoms with Crippen LogP contribution in [0.4, 0.5) is 9.41 Å². The van der Waals surface area contributed by atoms with Crippen LogP contribution in [0.2, 0.25) is 0 Å². The van der Waals surface area contributed by atoms with Gasteiger partial charge in [0.2, 0.25) is 0 Å². The van der Waals surface area contributed by atoms with Crippen LogP contribution in [0.15, 0.2) is 182 Å². The molecule has 4 heteroatoms. The van der Waals surface area contributed by atoms with Gasteiger partial charge in [-0.3, -0.25) is 9.41 Å². The van der Waals surface area contributed by atoms with Gasteiger partial charge in [-0.15, -0.1) is 0 Å². The smallest absolute Gasteiger partial charge is 0.0134 e. The Hall–Kier alpha value is -3.96. The lowest BCUT2D eigenvalue weighted by Gasteiger charge is -2.18. The molecule has 0 heterocycles. The topological polar surface area (TPSA) is 0 Å². The van der Waals surface area contributed by atoms with E-state index in [0.717, 1.165) is 0 Å². The van der Waals surface area contributed by atoms with Crippen molar-refractivity contribution in [1.82, 2.24) is 0 Å². The summed E-state index contributed by atoms with van der Waals surface area (Å²) in [4.78, 5) is 0. The van der Waals surface area contributed by atoms with Crippen molar-refractivity contribution in [1.29, 1.82) is 0 Å². The van der Waals surface area contributed by atoms with Gasteiger partial charge < -0.3 is 0 Å². The van der Waals surface area contributed by atoms with E-state index >= 15 is 0 Å². The first-order chi connectivity index (χ1) is 18.9. The minimum Gasteiger partial charge on any atom is -0.269 e. The van der Waals surface area contributed by atoms with Crippen molar-refractivity contribution in [3.63, 3.8) is 0 Å². The predicted molar refractivity (Wildman–Crippen MR) is 175 cm³/mol. The van der Waals surface area contributed by atoms with E-state index in [1.54, 1.807) is 0 Å². The molecule has 6 aromatic rings. The average molecular weight is 565 g/mol. The second kappa shape index (κ2) is 16.2. The summed E-state index contributed by atoms with van der Waals surface area (Å²) >= 11 is 0. The maximum absolute atomic E-state index is 2.23. The fraction of sp³-hybridized carbons (Fsp3) is 0. The normalized spacial score (nSPS) is 10.1. The Balaban J connectivity index is 0.000000210. The van der Waals surface area contributed by atoms with Crippen LogP contribution >= 0.6 is 15.8 Å². The summed E-state index contributed by atoms with van der Waals surface area (Å²) in [5.74, 6) is 0. The highest BCUT2D eigenvalue weighted by Crippen LogP contribution is 2.33. The Kier molecular flexibility index (Phi) is 12.4. The van der Waals surface area contributed by atoms with Crippen LogP contribution in [0.25, 0.3) is 0 Å². The van der Waals surface area contributed by atoms with E-state index in [-0.39, 0.29) is 9.41 Å². The van der Waals surface area contributed by atoms with Gasteiger partial charge in [0.1, 0.15) is 0 Å². The number of hydrogen-bond donors (Lipinski definition) is 0. The van der Waals surface area contributed by atoms with E-state index in [1.807, 2.05) is 0 Å². The summed E-state index contributed by atoms with van der Waals surface area (Å²) in [7, 11) is -0.892. The van der Waals surface area contributed by atoms with Crippen molar-refractivity contribution in [2.75, 3.05) is 0 Å². The van der Waals surface area contributed by atoms with Crippen molar-refractivity contribution in [3.05, 3.63) is 182 Å². The Bertz CT molecular complexity index is 1180. The monoisotopic (exact) mass is 564 g/mol. The van der Waals surface area contributed by atoms with Gasteiger partial charge in [-0.05, 0) is 47.7 Å². The molecule has 0 aliphatic rings. The summed E-state index contributed by atoms with van der Waals surface area (Å²) in [6.07, 6.45) is 0. The van der Waals surface area contributed by atoms with Crippen LogP contribution in [0.5, 0.6) is 0 Å². The third-order valence-electron chi connectivity index (χ3n) is 6.09. The lowest BCUT2D eigenvalue weighted by atomic mass is 10.4. The maximum Gasteiger partial charge on any atom is -0.0134 e. The molecule has 0 fully saturated rings. The van der Waals surface area contributed by atoms with E-state index in [1.165, 1.54) is 31.8 Å². The quantitative estimate of drug-likeness (QED) is 0.188. The summed E-state index contributed by atoms with van der Waals surface area (Å²) in [5.41, 5.74) is 0. The highest BCUT2D eigenvalue weighted by atomic mass is 31.1. The molecule has 0 atom stereocenters. The van der Waals surface area contributed by atoms with Crippen molar-refractivity contribution >= 4 is 47.7 Å². The highest BCUT2D eigenvalue weighted by molar-refractivity contribution is 7.80. The molecule has 0 aliphatic carbocycles. The molecular formula is C36H32F2P2. The molecule has 0 bridgehead atoms. The van der Waals surface area contributed by atoms with E-state index in [9.17, 15) is 0 Å². The van der Waals surface area contributed by atoms with Gasteiger partial charge in [0, 0.05) is 0 Å². The van der Waals surface area contributed by atoms with Gasteiger partial charge in [-0.2, -0.15) is 0 Å². The Morgan fingerprint density at radius 1 is 0.200 bits per heavy atom. The molecule has 0 aromatic heterocycles. The molecule has 40 heavy (non-hydrogen) atoms. The number of halogens is 2. The van der Waals surface area contributed by atoms with Gasteiger partial charge in [0.05, 0.1) is 0 Å². The molecule has 0 unspecified atom stereocenters. The van der Waals surface area contributed by atoms with E-state index in [0.29, 0.717) is 0 Å². The van der Waals surface area contributed by atoms with E-state index in [4.69, 9.17) is 0 Å². The van der Waals surface area contributed by atoms with Crippen LogP contribution in [-0.4, -0.2) is 0 Å². The molecule has 0 saturated heterocycles. The first kappa shape index (κ1) is 30.6. The highest BCUT2D eigenvalue weighted by Gasteiger charge is 2.16. The predicted octanol–water partition coefficient (Wildman–Crippen LogP) is 7.19. The molecule has 0 nitrogen and oxygen atoms in total. The van der Waals surface area contributed by atoms with E-state index in [2.05, 4.69) is 182 Å². The zero-order valence-corrected chi connectivity index (χ0v) is 23.8. The first-order valence-electron chi connectivity index (χ1n) is 12.8. The second-order valence-electron chi connectivity index (χ2n) is 8.68. The lowest BCUT2D eigenvalue weighted by molar-refractivity contribution is 1.11. The Labute approximate surface area is 238 Å². The number of rotatable bonds is 6. The molecule has 0 amide bonds. The van der Waals surface area contributed by atoms with Gasteiger partial charge in [0.15, 0.2) is 0 Å². The van der Waals surface area contributed by atoms with Crippen LogP contribution in [0.3, 0.4) is 0 Å². The Morgan fingerprint density at radius 2 is 0.325 bits per heavy atom. The zero-order chi connectivity index (χ0) is 25.8. The van der Waals surface area contributed by atoms with Crippen molar-refractivity contribution in [2.45, 2.75) is 0 Å². The van der Waals surface area contributed by atoms with Crippen molar-refractivity contribution in [2.24, 2.45) is 0 Å². The zero-order valence-electron chi connectivity index (χ0n) is 22.0. The molecule has 0 N–H and O–H groups in total.